The van der Waals surface area contributed by atoms with Crippen LogP contribution in [0.3, 0.4) is 0 Å². The van der Waals surface area contributed by atoms with Crippen molar-refractivity contribution in [1.82, 2.24) is 9.78 Å². The molecule has 0 atom stereocenters. The number of aryl methyl sites for hydroxylation is 3. The molecule has 9 heteroatoms. The summed E-state index contributed by atoms with van der Waals surface area (Å²) in [5, 5.41) is 14.8. The molecule has 0 unspecified atom stereocenters. The Balaban J connectivity index is 2.07. The summed E-state index contributed by atoms with van der Waals surface area (Å²) in [4.78, 5) is 28.1. The van der Waals surface area contributed by atoms with E-state index in [0.29, 0.717) is 33.3 Å². The van der Waals surface area contributed by atoms with Gasteiger partial charge in [0, 0.05) is 24.0 Å². The number of nitro groups is 1. The predicted octanol–water partition coefficient (Wildman–Crippen LogP) is 4.41. The molecule has 0 aliphatic heterocycles. The number of methoxy groups -OCH3 is 1. The SMILES string of the molecule is COc1cc(-n2[nH]c(C)c(C=Nc3c(C)cc(C)cc3[N+](=O)[O-])c2=O)ccc1Cl. The van der Waals surface area contributed by atoms with Gasteiger partial charge < -0.3 is 4.74 Å². The van der Waals surface area contributed by atoms with Gasteiger partial charge in [0.2, 0.25) is 0 Å². The molecule has 1 N–H and O–H groups in total. The molecule has 0 spiro atoms. The van der Waals surface area contributed by atoms with E-state index < -0.39 is 4.92 Å². The number of ether oxygens (including phenoxy) is 1. The van der Waals surface area contributed by atoms with Crippen LogP contribution in [0, 0.1) is 30.9 Å². The number of aliphatic imine (C=N–C) groups is 1. The van der Waals surface area contributed by atoms with Crippen molar-refractivity contribution in [2.24, 2.45) is 4.99 Å². The second-order valence-electron chi connectivity index (χ2n) is 6.57. The molecule has 0 fully saturated rings. The van der Waals surface area contributed by atoms with Crippen LogP contribution in [0.25, 0.3) is 5.69 Å². The van der Waals surface area contributed by atoms with Crippen molar-refractivity contribution in [2.45, 2.75) is 20.8 Å². The number of hydrogen-bond donors (Lipinski definition) is 1. The Hall–Kier alpha value is -3.39. The molecule has 0 aliphatic rings. The second-order valence-corrected chi connectivity index (χ2v) is 6.98. The molecule has 8 nitrogen and oxygen atoms in total. The highest BCUT2D eigenvalue weighted by Gasteiger charge is 2.17. The molecule has 0 aliphatic carbocycles. The number of benzene rings is 2. The average molecular weight is 415 g/mol. The maximum Gasteiger partial charge on any atom is 0.295 e. The number of hydrogen-bond acceptors (Lipinski definition) is 5. The van der Waals surface area contributed by atoms with Crippen LogP contribution in [0.5, 0.6) is 5.75 Å². The molecule has 0 bridgehead atoms. The van der Waals surface area contributed by atoms with Crippen LogP contribution in [0.2, 0.25) is 5.02 Å². The fraction of sp³-hybridized carbons (Fsp3) is 0.200. The van der Waals surface area contributed by atoms with Gasteiger partial charge in [-0.1, -0.05) is 17.7 Å². The van der Waals surface area contributed by atoms with Gasteiger partial charge in [-0.3, -0.25) is 20.0 Å². The van der Waals surface area contributed by atoms with E-state index in [1.165, 1.54) is 24.1 Å². The maximum absolute atomic E-state index is 12.9. The third-order valence-corrected chi connectivity index (χ3v) is 4.77. The highest BCUT2D eigenvalue weighted by Crippen LogP contribution is 2.32. The van der Waals surface area contributed by atoms with E-state index >= 15 is 0 Å². The Morgan fingerprint density at radius 1 is 1.24 bits per heavy atom. The lowest BCUT2D eigenvalue weighted by molar-refractivity contribution is -0.384. The summed E-state index contributed by atoms with van der Waals surface area (Å²) < 4.78 is 6.54. The number of H-pyrrole nitrogens is 1. The lowest BCUT2D eigenvalue weighted by Gasteiger charge is -2.06. The first-order chi connectivity index (χ1) is 13.7. The Kier molecular flexibility index (Phi) is 5.56. The summed E-state index contributed by atoms with van der Waals surface area (Å²) in [5.41, 5.74) is 2.61. The normalized spacial score (nSPS) is 11.2. The molecular formula is C20H19ClN4O4. The number of nitrogens with zero attached hydrogens (tertiary/aromatic N) is 3. The number of halogens is 1. The molecule has 0 radical (unpaired) electrons. The molecule has 0 saturated heterocycles. The fourth-order valence-corrected chi connectivity index (χ4v) is 3.25. The second kappa shape index (κ2) is 7.92. The first kappa shape index (κ1) is 20.3. The van der Waals surface area contributed by atoms with Gasteiger partial charge in [0.15, 0.2) is 0 Å². The van der Waals surface area contributed by atoms with Crippen LogP contribution in [-0.2, 0) is 0 Å². The van der Waals surface area contributed by atoms with Gasteiger partial charge >= 0.3 is 0 Å². The minimum absolute atomic E-state index is 0.102. The average Bonchev–Trinajstić information content (AvgIpc) is 2.95. The van der Waals surface area contributed by atoms with E-state index in [0.717, 1.165) is 5.56 Å². The zero-order valence-electron chi connectivity index (χ0n) is 16.3. The van der Waals surface area contributed by atoms with E-state index in [-0.39, 0.29) is 16.9 Å². The van der Waals surface area contributed by atoms with Crippen LogP contribution in [0.1, 0.15) is 22.4 Å². The summed E-state index contributed by atoms with van der Waals surface area (Å²) in [6.07, 6.45) is 1.35. The summed E-state index contributed by atoms with van der Waals surface area (Å²) in [6.45, 7) is 5.25. The van der Waals surface area contributed by atoms with Crippen molar-refractivity contribution in [1.29, 1.82) is 0 Å². The zero-order valence-corrected chi connectivity index (χ0v) is 17.1. The standard InChI is InChI=1S/C20H19ClN4O4/c1-11-7-12(2)19(17(8-11)25(27)28)22-10-15-13(3)23-24(20(15)26)14-5-6-16(21)18(9-14)29-4/h5-10,23H,1-4H3. The third kappa shape index (κ3) is 3.93. The van der Waals surface area contributed by atoms with E-state index in [1.807, 2.05) is 6.07 Å². The van der Waals surface area contributed by atoms with E-state index in [2.05, 4.69) is 10.1 Å². The van der Waals surface area contributed by atoms with Gasteiger partial charge in [-0.2, -0.15) is 0 Å². The number of nitrogens with one attached hydrogen (secondary N) is 1. The van der Waals surface area contributed by atoms with Gasteiger partial charge in [0.1, 0.15) is 11.4 Å². The number of aromatic nitrogens is 2. The predicted molar refractivity (Wildman–Crippen MR) is 113 cm³/mol. The van der Waals surface area contributed by atoms with E-state index in [4.69, 9.17) is 16.3 Å². The number of nitro benzene ring substituents is 1. The van der Waals surface area contributed by atoms with Crippen molar-refractivity contribution in [3.05, 3.63) is 78.2 Å². The van der Waals surface area contributed by atoms with Crippen LogP contribution in [0.4, 0.5) is 11.4 Å². The molecule has 1 aromatic heterocycles. The third-order valence-electron chi connectivity index (χ3n) is 4.45. The van der Waals surface area contributed by atoms with Crippen LogP contribution < -0.4 is 10.3 Å². The maximum atomic E-state index is 12.9. The molecule has 3 aromatic rings. The molecule has 0 amide bonds. The van der Waals surface area contributed by atoms with Gasteiger partial charge in [0.05, 0.1) is 28.3 Å². The molecule has 2 aromatic carbocycles. The summed E-state index contributed by atoms with van der Waals surface area (Å²) >= 11 is 6.05. The minimum Gasteiger partial charge on any atom is -0.495 e. The molecule has 1 heterocycles. The smallest absolute Gasteiger partial charge is 0.295 e. The summed E-state index contributed by atoms with van der Waals surface area (Å²) in [5.74, 6) is 0.435. The van der Waals surface area contributed by atoms with Crippen LogP contribution in [0.15, 0.2) is 40.1 Å². The van der Waals surface area contributed by atoms with Crippen molar-refractivity contribution in [3.63, 3.8) is 0 Å². The summed E-state index contributed by atoms with van der Waals surface area (Å²) in [6, 6.07) is 8.21. The highest BCUT2D eigenvalue weighted by atomic mass is 35.5. The molecule has 29 heavy (non-hydrogen) atoms. The number of aromatic amines is 1. The van der Waals surface area contributed by atoms with Gasteiger partial charge in [-0.25, -0.2) is 9.67 Å². The fourth-order valence-electron chi connectivity index (χ4n) is 3.05. The largest absolute Gasteiger partial charge is 0.495 e. The number of rotatable bonds is 5. The highest BCUT2D eigenvalue weighted by molar-refractivity contribution is 6.32. The van der Waals surface area contributed by atoms with Crippen molar-refractivity contribution >= 4 is 29.2 Å². The van der Waals surface area contributed by atoms with E-state index in [9.17, 15) is 14.9 Å². The molecule has 3 rings (SSSR count). The van der Waals surface area contributed by atoms with E-state index in [1.54, 1.807) is 39.0 Å². The lowest BCUT2D eigenvalue weighted by Crippen LogP contribution is -2.17. The van der Waals surface area contributed by atoms with Crippen molar-refractivity contribution in [2.75, 3.05) is 7.11 Å². The van der Waals surface area contributed by atoms with Gasteiger partial charge in [0.25, 0.3) is 11.2 Å². The Morgan fingerprint density at radius 3 is 2.62 bits per heavy atom. The monoisotopic (exact) mass is 414 g/mol. The topological polar surface area (TPSA) is 103 Å². The van der Waals surface area contributed by atoms with Crippen molar-refractivity contribution in [3.8, 4) is 11.4 Å². The molecular weight excluding hydrogens is 396 g/mol. The Labute approximate surface area is 171 Å². The summed E-state index contributed by atoms with van der Waals surface area (Å²) in [7, 11) is 1.49. The van der Waals surface area contributed by atoms with Gasteiger partial charge in [-0.15, -0.1) is 0 Å². The first-order valence-corrected chi connectivity index (χ1v) is 9.06. The Morgan fingerprint density at radius 2 is 1.97 bits per heavy atom. The zero-order chi connectivity index (χ0) is 21.3. The minimum atomic E-state index is -0.477. The van der Waals surface area contributed by atoms with Crippen LogP contribution in [-0.4, -0.2) is 28.0 Å². The lowest BCUT2D eigenvalue weighted by atomic mass is 10.1. The first-order valence-electron chi connectivity index (χ1n) is 8.68. The Bertz CT molecular complexity index is 1190. The van der Waals surface area contributed by atoms with Crippen molar-refractivity contribution < 1.29 is 9.66 Å². The van der Waals surface area contributed by atoms with Crippen LogP contribution >= 0.6 is 11.6 Å². The molecule has 0 saturated carbocycles. The van der Waals surface area contributed by atoms with Gasteiger partial charge in [-0.05, 0) is 44.0 Å². The molecule has 150 valence electrons. The quantitative estimate of drug-likeness (QED) is 0.379.